The summed E-state index contributed by atoms with van der Waals surface area (Å²) in [5, 5.41) is 0. The van der Waals surface area contributed by atoms with Crippen LogP contribution < -0.4 is 0 Å². The molecular formula is C13H12Br2N2O3S. The fraction of sp³-hybridized carbons (Fsp3) is 0.462. The Kier molecular flexibility index (Phi) is 4.20. The highest BCUT2D eigenvalue weighted by atomic mass is 79.9. The molecule has 1 atom stereocenters. The molecule has 0 spiro atoms. The highest BCUT2D eigenvalue weighted by Crippen LogP contribution is 2.32. The lowest BCUT2D eigenvalue weighted by Gasteiger charge is -2.35. The Hall–Kier alpha value is -0.730. The zero-order valence-corrected chi connectivity index (χ0v) is 15.0. The SMILES string of the molecule is O=C(CN1CC(=O)N2CCCC2C1=O)c1cc(Br)sc1Br. The van der Waals surface area contributed by atoms with Crippen LogP contribution >= 0.6 is 43.2 Å². The molecule has 2 amide bonds. The van der Waals surface area contributed by atoms with Gasteiger partial charge in [0, 0.05) is 12.1 Å². The van der Waals surface area contributed by atoms with Crippen molar-refractivity contribution in [3.8, 4) is 0 Å². The molecule has 8 heteroatoms. The summed E-state index contributed by atoms with van der Waals surface area (Å²) in [5.41, 5.74) is 0.543. The van der Waals surface area contributed by atoms with Crippen molar-refractivity contribution >= 4 is 60.8 Å². The first-order valence-electron chi connectivity index (χ1n) is 6.53. The van der Waals surface area contributed by atoms with Gasteiger partial charge in [0.1, 0.15) is 12.6 Å². The molecule has 0 bridgehead atoms. The van der Waals surface area contributed by atoms with Crippen LogP contribution in [0.1, 0.15) is 23.2 Å². The van der Waals surface area contributed by atoms with Crippen LogP contribution in [-0.2, 0) is 9.59 Å². The summed E-state index contributed by atoms with van der Waals surface area (Å²) < 4.78 is 1.58. The zero-order valence-electron chi connectivity index (χ0n) is 11.0. The van der Waals surface area contributed by atoms with E-state index >= 15 is 0 Å². The summed E-state index contributed by atoms with van der Waals surface area (Å²) in [4.78, 5) is 39.7. The molecule has 2 aliphatic rings. The van der Waals surface area contributed by atoms with E-state index in [2.05, 4.69) is 31.9 Å². The highest BCUT2D eigenvalue weighted by Gasteiger charge is 2.42. The number of fused-ring (bicyclic) bond motifs is 1. The van der Waals surface area contributed by atoms with Gasteiger partial charge in [-0.2, -0.15) is 0 Å². The third kappa shape index (κ3) is 2.80. The average molecular weight is 436 g/mol. The molecule has 1 aromatic rings. The van der Waals surface area contributed by atoms with Crippen LogP contribution in [0.5, 0.6) is 0 Å². The molecule has 1 aromatic heterocycles. The van der Waals surface area contributed by atoms with Crippen LogP contribution in [0.25, 0.3) is 0 Å². The molecular weight excluding hydrogens is 424 g/mol. The van der Waals surface area contributed by atoms with Crippen molar-refractivity contribution in [2.45, 2.75) is 18.9 Å². The fourth-order valence-electron chi connectivity index (χ4n) is 2.79. The number of piperazine rings is 1. The molecule has 2 saturated heterocycles. The van der Waals surface area contributed by atoms with Crippen LogP contribution in [0.15, 0.2) is 13.6 Å². The standard InChI is InChI=1S/C13H12Br2N2O3S/c14-10-4-7(12(15)21-10)9(18)5-16-6-11(19)17-3-1-2-8(17)13(16)20/h4,8H,1-3,5-6H2. The molecule has 21 heavy (non-hydrogen) atoms. The maximum absolute atomic E-state index is 12.4. The first-order valence-corrected chi connectivity index (χ1v) is 8.94. The van der Waals surface area contributed by atoms with Crippen LogP contribution in [-0.4, -0.2) is 53.1 Å². The average Bonchev–Trinajstić information content (AvgIpc) is 3.02. The van der Waals surface area contributed by atoms with Gasteiger partial charge in [-0.1, -0.05) is 0 Å². The van der Waals surface area contributed by atoms with Crippen LogP contribution in [0.2, 0.25) is 0 Å². The predicted octanol–water partition coefficient (Wildman–Crippen LogP) is 2.29. The van der Waals surface area contributed by atoms with E-state index in [-0.39, 0.29) is 36.7 Å². The van der Waals surface area contributed by atoms with Gasteiger partial charge in [-0.05, 0) is 50.8 Å². The fourth-order valence-corrected chi connectivity index (χ4v) is 5.64. The Balaban J connectivity index is 1.75. The van der Waals surface area contributed by atoms with Crippen LogP contribution in [0.3, 0.4) is 0 Å². The zero-order chi connectivity index (χ0) is 15.1. The van der Waals surface area contributed by atoms with E-state index in [4.69, 9.17) is 0 Å². The van der Waals surface area contributed by atoms with Gasteiger partial charge >= 0.3 is 0 Å². The largest absolute Gasteiger partial charge is 0.329 e. The number of halogens is 2. The maximum atomic E-state index is 12.4. The Morgan fingerprint density at radius 2 is 2.14 bits per heavy atom. The molecule has 0 aromatic carbocycles. The van der Waals surface area contributed by atoms with Crippen molar-refractivity contribution in [2.24, 2.45) is 0 Å². The maximum Gasteiger partial charge on any atom is 0.246 e. The normalized spacial score (nSPS) is 21.9. The Bertz CT molecular complexity index is 631. The van der Waals surface area contributed by atoms with Crippen LogP contribution in [0.4, 0.5) is 0 Å². The van der Waals surface area contributed by atoms with Gasteiger partial charge in [0.15, 0.2) is 5.78 Å². The first kappa shape index (κ1) is 15.2. The van der Waals surface area contributed by atoms with Gasteiger partial charge in [-0.3, -0.25) is 14.4 Å². The second kappa shape index (κ2) is 5.81. The van der Waals surface area contributed by atoms with Gasteiger partial charge < -0.3 is 9.80 Å². The van der Waals surface area contributed by atoms with Crippen molar-refractivity contribution in [1.29, 1.82) is 0 Å². The van der Waals surface area contributed by atoms with Gasteiger partial charge in [0.2, 0.25) is 11.8 Å². The van der Waals surface area contributed by atoms with E-state index in [1.165, 1.54) is 16.2 Å². The summed E-state index contributed by atoms with van der Waals surface area (Å²) in [6.07, 6.45) is 1.55. The van der Waals surface area contributed by atoms with E-state index in [1.54, 1.807) is 11.0 Å². The number of thiophene rings is 1. The summed E-state index contributed by atoms with van der Waals surface area (Å²) in [6, 6.07) is 1.37. The number of hydrogen-bond donors (Lipinski definition) is 0. The molecule has 2 aliphatic heterocycles. The minimum absolute atomic E-state index is 0.00397. The second-order valence-electron chi connectivity index (χ2n) is 5.10. The molecule has 0 saturated carbocycles. The number of carbonyl (C=O) groups excluding carboxylic acids is 3. The number of nitrogens with zero attached hydrogens (tertiary/aromatic N) is 2. The number of rotatable bonds is 3. The minimum Gasteiger partial charge on any atom is -0.329 e. The molecule has 0 radical (unpaired) electrons. The Labute approximate surface area is 142 Å². The van der Waals surface area contributed by atoms with Gasteiger partial charge in [0.25, 0.3) is 0 Å². The van der Waals surface area contributed by atoms with Gasteiger partial charge in [-0.25, -0.2) is 0 Å². The summed E-state index contributed by atoms with van der Waals surface area (Å²) in [5.74, 6) is -0.322. The molecule has 5 nitrogen and oxygen atoms in total. The van der Waals surface area contributed by atoms with Crippen molar-refractivity contribution in [3.63, 3.8) is 0 Å². The summed E-state index contributed by atoms with van der Waals surface area (Å²) >= 11 is 8.08. The van der Waals surface area contributed by atoms with Crippen molar-refractivity contribution in [1.82, 2.24) is 9.80 Å². The monoisotopic (exact) mass is 434 g/mol. The molecule has 0 aliphatic carbocycles. The minimum atomic E-state index is -0.364. The van der Waals surface area contributed by atoms with Crippen LogP contribution in [0, 0.1) is 0 Å². The van der Waals surface area contributed by atoms with E-state index < -0.39 is 0 Å². The number of hydrogen-bond acceptors (Lipinski definition) is 4. The van der Waals surface area contributed by atoms with E-state index in [0.717, 1.165) is 14.0 Å². The second-order valence-corrected chi connectivity index (χ2v) is 8.85. The quantitative estimate of drug-likeness (QED) is 0.684. The predicted molar refractivity (Wildman–Crippen MR) is 85.4 cm³/mol. The number of amides is 2. The highest BCUT2D eigenvalue weighted by molar-refractivity contribution is 9.12. The molecule has 3 rings (SSSR count). The molecule has 3 heterocycles. The Morgan fingerprint density at radius 3 is 2.81 bits per heavy atom. The first-order chi connectivity index (χ1) is 9.97. The van der Waals surface area contributed by atoms with E-state index in [9.17, 15) is 14.4 Å². The number of Topliss-reactive ketones (excluding diaryl/α,β-unsaturated/α-hetero) is 1. The van der Waals surface area contributed by atoms with Crippen molar-refractivity contribution in [2.75, 3.05) is 19.6 Å². The van der Waals surface area contributed by atoms with Crippen molar-refractivity contribution in [3.05, 3.63) is 19.2 Å². The van der Waals surface area contributed by atoms with Gasteiger partial charge in [0.05, 0.1) is 14.1 Å². The van der Waals surface area contributed by atoms with Crippen molar-refractivity contribution < 1.29 is 14.4 Å². The number of ketones is 1. The molecule has 0 N–H and O–H groups in total. The lowest BCUT2D eigenvalue weighted by Crippen LogP contribution is -2.58. The third-order valence-electron chi connectivity index (χ3n) is 3.79. The molecule has 112 valence electrons. The lowest BCUT2D eigenvalue weighted by molar-refractivity contribution is -0.152. The molecule has 2 fully saturated rings. The lowest BCUT2D eigenvalue weighted by atomic mass is 10.1. The van der Waals surface area contributed by atoms with Gasteiger partial charge in [-0.15, -0.1) is 11.3 Å². The topological polar surface area (TPSA) is 57.7 Å². The summed E-state index contributed by atoms with van der Waals surface area (Å²) in [6.45, 7) is 0.612. The molecule has 1 unspecified atom stereocenters. The Morgan fingerprint density at radius 1 is 1.38 bits per heavy atom. The third-order valence-corrected chi connectivity index (χ3v) is 6.13. The summed E-state index contributed by atoms with van der Waals surface area (Å²) in [7, 11) is 0. The smallest absolute Gasteiger partial charge is 0.246 e. The van der Waals surface area contributed by atoms with E-state index in [0.29, 0.717) is 18.5 Å². The number of carbonyl (C=O) groups is 3. The van der Waals surface area contributed by atoms with E-state index in [1.807, 2.05) is 0 Å².